The van der Waals surface area contributed by atoms with Gasteiger partial charge in [0.25, 0.3) is 5.91 Å². The number of hydrogen-bond donors (Lipinski definition) is 3. The molecule has 7 heteroatoms. The maximum Gasteiger partial charge on any atom is 0.257 e. The number of fused-ring (bicyclic) bond motifs is 1. The van der Waals surface area contributed by atoms with Crippen LogP contribution in [0.5, 0.6) is 0 Å². The van der Waals surface area contributed by atoms with E-state index < -0.39 is 0 Å². The highest BCUT2D eigenvalue weighted by Crippen LogP contribution is 2.41. The number of benzene rings is 1. The molecule has 3 aliphatic rings. The largest absolute Gasteiger partial charge is 0.349 e. The minimum Gasteiger partial charge on any atom is -0.349 e. The molecule has 27 heavy (non-hydrogen) atoms. The first kappa shape index (κ1) is 18.5. The zero-order chi connectivity index (χ0) is 18.8. The summed E-state index contributed by atoms with van der Waals surface area (Å²) in [7, 11) is 0. The minimum absolute atomic E-state index is 0.0146. The lowest BCUT2D eigenvalue weighted by atomic mass is 9.97. The fourth-order valence-corrected chi connectivity index (χ4v) is 5.42. The molecule has 3 aliphatic heterocycles. The van der Waals surface area contributed by atoms with Crippen LogP contribution in [-0.4, -0.2) is 47.9 Å². The summed E-state index contributed by atoms with van der Waals surface area (Å²) in [6.07, 6.45) is 1.92. The van der Waals surface area contributed by atoms with E-state index >= 15 is 0 Å². The lowest BCUT2D eigenvalue weighted by Gasteiger charge is -2.32. The Morgan fingerprint density at radius 1 is 1.26 bits per heavy atom. The number of nitrogens with one attached hydrogen (secondary N) is 3. The Balaban J connectivity index is 1.30. The van der Waals surface area contributed by atoms with E-state index in [4.69, 9.17) is 0 Å². The molecule has 0 saturated carbocycles. The molecule has 2 unspecified atom stereocenters. The fraction of sp³-hybridized carbons (Fsp3) is 0.500. The SMILES string of the molecule is CC1=C(C(=O)NC2CCN(Cc3ccccc3)CC2)SC2NCNC(=O)C12. The molecular formula is C20H26N4O2S. The molecular weight excluding hydrogens is 360 g/mol. The van der Waals surface area contributed by atoms with Gasteiger partial charge in [0.15, 0.2) is 0 Å². The van der Waals surface area contributed by atoms with Gasteiger partial charge in [0.05, 0.1) is 22.9 Å². The number of rotatable bonds is 4. The lowest BCUT2D eigenvalue weighted by molar-refractivity contribution is -0.125. The van der Waals surface area contributed by atoms with E-state index in [1.807, 2.05) is 13.0 Å². The van der Waals surface area contributed by atoms with E-state index in [0.717, 1.165) is 38.0 Å². The zero-order valence-corrected chi connectivity index (χ0v) is 16.3. The second kappa shape index (κ2) is 8.04. The number of carbonyl (C=O) groups excluding carboxylic acids is 2. The van der Waals surface area contributed by atoms with E-state index in [9.17, 15) is 9.59 Å². The van der Waals surface area contributed by atoms with Crippen molar-refractivity contribution in [1.29, 1.82) is 0 Å². The van der Waals surface area contributed by atoms with Crippen molar-refractivity contribution in [3.63, 3.8) is 0 Å². The van der Waals surface area contributed by atoms with Crippen LogP contribution in [0.2, 0.25) is 0 Å². The smallest absolute Gasteiger partial charge is 0.257 e. The molecule has 3 N–H and O–H groups in total. The second-order valence-electron chi connectivity index (χ2n) is 7.46. The fourth-order valence-electron chi connectivity index (χ4n) is 4.06. The summed E-state index contributed by atoms with van der Waals surface area (Å²) in [4.78, 5) is 28.0. The predicted octanol–water partition coefficient (Wildman–Crippen LogP) is 1.41. The van der Waals surface area contributed by atoms with Gasteiger partial charge in [0, 0.05) is 25.7 Å². The van der Waals surface area contributed by atoms with Gasteiger partial charge in [-0.2, -0.15) is 0 Å². The standard InChI is InChI=1S/C20H26N4O2S/c1-13-16-18(25)21-12-22-20(16)27-17(13)19(26)23-15-7-9-24(10-8-15)11-14-5-3-2-4-6-14/h2-6,15-16,20,22H,7-12H2,1H3,(H,21,25)(H,23,26). The third-order valence-corrected chi connectivity index (χ3v) is 7.03. The molecule has 6 nitrogen and oxygen atoms in total. The van der Waals surface area contributed by atoms with E-state index in [1.54, 1.807) is 0 Å². The molecule has 2 saturated heterocycles. The Hall–Kier alpha value is -1.83. The highest BCUT2D eigenvalue weighted by molar-refractivity contribution is 8.04. The third-order valence-electron chi connectivity index (χ3n) is 5.60. The molecule has 2 amide bonds. The van der Waals surface area contributed by atoms with Gasteiger partial charge in [-0.25, -0.2) is 0 Å². The van der Waals surface area contributed by atoms with Crippen molar-refractivity contribution in [3.05, 3.63) is 46.4 Å². The maximum atomic E-state index is 12.8. The zero-order valence-electron chi connectivity index (χ0n) is 15.5. The molecule has 3 heterocycles. The van der Waals surface area contributed by atoms with Crippen LogP contribution in [0, 0.1) is 5.92 Å². The van der Waals surface area contributed by atoms with Crippen molar-refractivity contribution in [1.82, 2.24) is 20.9 Å². The molecule has 0 spiro atoms. The van der Waals surface area contributed by atoms with E-state index in [2.05, 4.69) is 45.1 Å². The van der Waals surface area contributed by atoms with Gasteiger partial charge >= 0.3 is 0 Å². The Morgan fingerprint density at radius 3 is 2.70 bits per heavy atom. The van der Waals surface area contributed by atoms with Gasteiger partial charge < -0.3 is 10.6 Å². The topological polar surface area (TPSA) is 73.5 Å². The van der Waals surface area contributed by atoms with Gasteiger partial charge in [-0.3, -0.25) is 19.8 Å². The number of nitrogens with zero attached hydrogens (tertiary/aromatic N) is 1. The summed E-state index contributed by atoms with van der Waals surface area (Å²) < 4.78 is 0. The Morgan fingerprint density at radius 2 is 2.00 bits per heavy atom. The van der Waals surface area contributed by atoms with E-state index in [1.165, 1.54) is 17.3 Å². The van der Waals surface area contributed by atoms with Crippen molar-refractivity contribution in [2.75, 3.05) is 19.8 Å². The average Bonchev–Trinajstić information content (AvgIpc) is 3.02. The molecule has 0 aromatic heterocycles. The van der Waals surface area contributed by atoms with Crippen LogP contribution in [0.15, 0.2) is 40.8 Å². The summed E-state index contributed by atoms with van der Waals surface area (Å²) >= 11 is 1.49. The molecule has 144 valence electrons. The number of carbonyl (C=O) groups is 2. The van der Waals surface area contributed by atoms with Crippen LogP contribution >= 0.6 is 11.8 Å². The van der Waals surface area contributed by atoms with Crippen molar-refractivity contribution >= 4 is 23.6 Å². The lowest BCUT2D eigenvalue weighted by Crippen LogP contribution is -2.52. The van der Waals surface area contributed by atoms with Crippen molar-refractivity contribution in [3.8, 4) is 0 Å². The van der Waals surface area contributed by atoms with Crippen LogP contribution in [0.1, 0.15) is 25.3 Å². The Bertz CT molecular complexity index is 744. The Kier molecular flexibility index (Phi) is 5.52. The van der Waals surface area contributed by atoms with E-state index in [0.29, 0.717) is 11.6 Å². The van der Waals surface area contributed by atoms with Crippen LogP contribution in [-0.2, 0) is 16.1 Å². The number of likely N-dealkylation sites (tertiary alicyclic amines) is 1. The number of piperidine rings is 1. The molecule has 1 aromatic rings. The highest BCUT2D eigenvalue weighted by atomic mass is 32.2. The van der Waals surface area contributed by atoms with Crippen molar-refractivity contribution in [2.24, 2.45) is 5.92 Å². The van der Waals surface area contributed by atoms with Crippen molar-refractivity contribution < 1.29 is 9.59 Å². The molecule has 0 bridgehead atoms. The summed E-state index contributed by atoms with van der Waals surface area (Å²) in [5, 5.41) is 9.25. The first-order valence-electron chi connectivity index (χ1n) is 9.57. The molecule has 2 atom stereocenters. The van der Waals surface area contributed by atoms with Crippen LogP contribution < -0.4 is 16.0 Å². The van der Waals surface area contributed by atoms with Crippen LogP contribution in [0.25, 0.3) is 0 Å². The van der Waals surface area contributed by atoms with Gasteiger partial charge in [0.2, 0.25) is 5.91 Å². The average molecular weight is 387 g/mol. The van der Waals surface area contributed by atoms with Crippen LogP contribution in [0.4, 0.5) is 0 Å². The highest BCUT2D eigenvalue weighted by Gasteiger charge is 2.42. The maximum absolute atomic E-state index is 12.8. The molecule has 1 aromatic carbocycles. The second-order valence-corrected chi connectivity index (χ2v) is 8.61. The quantitative estimate of drug-likeness (QED) is 0.730. The molecule has 4 rings (SSSR count). The first-order chi connectivity index (χ1) is 13.1. The molecule has 0 radical (unpaired) electrons. The normalized spacial score (nSPS) is 26.6. The van der Waals surface area contributed by atoms with Gasteiger partial charge in [-0.15, -0.1) is 11.8 Å². The molecule has 2 fully saturated rings. The molecule has 0 aliphatic carbocycles. The van der Waals surface area contributed by atoms with Gasteiger partial charge in [0.1, 0.15) is 0 Å². The summed E-state index contributed by atoms with van der Waals surface area (Å²) in [6, 6.07) is 10.7. The van der Waals surface area contributed by atoms with E-state index in [-0.39, 0.29) is 29.1 Å². The summed E-state index contributed by atoms with van der Waals surface area (Å²) in [6.45, 7) is 5.31. The van der Waals surface area contributed by atoms with Gasteiger partial charge in [-0.1, -0.05) is 30.3 Å². The Labute approximate surface area is 164 Å². The number of hydrogen-bond acceptors (Lipinski definition) is 5. The number of thioether (sulfide) groups is 1. The van der Waals surface area contributed by atoms with Crippen molar-refractivity contribution in [2.45, 2.75) is 37.7 Å². The number of amides is 2. The third kappa shape index (κ3) is 4.05. The predicted molar refractivity (Wildman–Crippen MR) is 107 cm³/mol. The summed E-state index contributed by atoms with van der Waals surface area (Å²) in [5.74, 6) is -0.249. The van der Waals surface area contributed by atoms with Crippen LogP contribution in [0.3, 0.4) is 0 Å². The monoisotopic (exact) mass is 386 g/mol. The summed E-state index contributed by atoms with van der Waals surface area (Å²) in [5.41, 5.74) is 2.21. The minimum atomic E-state index is -0.239. The van der Waals surface area contributed by atoms with Gasteiger partial charge in [-0.05, 0) is 30.9 Å². The first-order valence-corrected chi connectivity index (χ1v) is 10.5.